The summed E-state index contributed by atoms with van der Waals surface area (Å²) in [7, 11) is 0. The Balaban J connectivity index is 2.64. The molecule has 2 aromatic rings. The Labute approximate surface area is 101 Å². The van der Waals surface area contributed by atoms with Crippen LogP contribution in [0.1, 0.15) is 16.7 Å². The Morgan fingerprint density at radius 3 is 2.18 bits per heavy atom. The summed E-state index contributed by atoms with van der Waals surface area (Å²) < 4.78 is 0. The molecule has 0 atom stereocenters. The first-order valence-electron chi connectivity index (χ1n) is 5.59. The van der Waals surface area contributed by atoms with Crippen LogP contribution in [0, 0.1) is 20.8 Å². The van der Waals surface area contributed by atoms with E-state index >= 15 is 0 Å². The van der Waals surface area contributed by atoms with E-state index in [2.05, 4.69) is 0 Å². The molecule has 2 rings (SSSR count). The van der Waals surface area contributed by atoms with Gasteiger partial charge in [-0.1, -0.05) is 12.1 Å². The summed E-state index contributed by atoms with van der Waals surface area (Å²) in [6, 6.07) is 9.04. The zero-order valence-electron chi connectivity index (χ0n) is 10.3. The van der Waals surface area contributed by atoms with E-state index in [1.807, 2.05) is 32.9 Å². The fourth-order valence-corrected chi connectivity index (χ4v) is 1.92. The first kappa shape index (κ1) is 11.5. The fraction of sp³-hybridized carbons (Fsp3) is 0.200. The number of aromatic hydroxyl groups is 2. The molecule has 0 radical (unpaired) electrons. The Morgan fingerprint density at radius 1 is 0.824 bits per heavy atom. The number of aryl methyl sites for hydroxylation is 2. The highest BCUT2D eigenvalue weighted by molar-refractivity contribution is 5.71. The van der Waals surface area contributed by atoms with Gasteiger partial charge in [-0.05, 0) is 66.8 Å². The molecule has 0 aliphatic heterocycles. The Kier molecular flexibility index (Phi) is 2.80. The normalized spacial score (nSPS) is 10.5. The molecular weight excluding hydrogens is 212 g/mol. The fourth-order valence-electron chi connectivity index (χ4n) is 1.92. The summed E-state index contributed by atoms with van der Waals surface area (Å²) >= 11 is 0. The van der Waals surface area contributed by atoms with Crippen LogP contribution < -0.4 is 0 Å². The third-order valence-corrected chi connectivity index (χ3v) is 3.17. The Bertz CT molecular complexity index is 571. The quantitative estimate of drug-likeness (QED) is 0.781. The minimum atomic E-state index is 0.253. The highest BCUT2D eigenvalue weighted by Crippen LogP contribution is 2.32. The highest BCUT2D eigenvalue weighted by atomic mass is 16.3. The lowest BCUT2D eigenvalue weighted by Gasteiger charge is -2.11. The van der Waals surface area contributed by atoms with Gasteiger partial charge in [0.2, 0.25) is 0 Å². The second-order valence-electron chi connectivity index (χ2n) is 4.44. The predicted octanol–water partition coefficient (Wildman–Crippen LogP) is 3.69. The van der Waals surface area contributed by atoms with Crippen molar-refractivity contribution in [3.8, 4) is 22.6 Å². The van der Waals surface area contributed by atoms with Gasteiger partial charge in [-0.15, -0.1) is 0 Å². The van der Waals surface area contributed by atoms with Gasteiger partial charge in [-0.25, -0.2) is 0 Å². The van der Waals surface area contributed by atoms with Crippen molar-refractivity contribution in [2.45, 2.75) is 20.8 Å². The van der Waals surface area contributed by atoms with Crippen molar-refractivity contribution in [2.24, 2.45) is 0 Å². The molecule has 0 fully saturated rings. The van der Waals surface area contributed by atoms with Crippen molar-refractivity contribution in [3.63, 3.8) is 0 Å². The number of hydrogen-bond donors (Lipinski definition) is 2. The molecule has 0 unspecified atom stereocenters. The molecule has 0 aliphatic carbocycles. The maximum Gasteiger partial charge on any atom is 0.119 e. The molecule has 0 spiro atoms. The van der Waals surface area contributed by atoms with Crippen LogP contribution in [0.4, 0.5) is 0 Å². The second kappa shape index (κ2) is 4.13. The lowest BCUT2D eigenvalue weighted by atomic mass is 9.96. The molecule has 88 valence electrons. The van der Waals surface area contributed by atoms with E-state index in [-0.39, 0.29) is 11.5 Å². The lowest BCUT2D eigenvalue weighted by Crippen LogP contribution is -1.88. The second-order valence-corrected chi connectivity index (χ2v) is 4.44. The van der Waals surface area contributed by atoms with Crippen LogP contribution in [0.15, 0.2) is 30.3 Å². The first-order valence-corrected chi connectivity index (χ1v) is 5.59. The van der Waals surface area contributed by atoms with Gasteiger partial charge >= 0.3 is 0 Å². The van der Waals surface area contributed by atoms with Crippen LogP contribution in [0.5, 0.6) is 11.5 Å². The van der Waals surface area contributed by atoms with Crippen LogP contribution in [-0.4, -0.2) is 10.2 Å². The van der Waals surface area contributed by atoms with E-state index in [0.29, 0.717) is 0 Å². The summed E-state index contributed by atoms with van der Waals surface area (Å²) in [6.07, 6.45) is 0. The average molecular weight is 228 g/mol. The van der Waals surface area contributed by atoms with Gasteiger partial charge in [0.1, 0.15) is 11.5 Å². The molecule has 0 saturated heterocycles. The predicted molar refractivity (Wildman–Crippen MR) is 69.4 cm³/mol. The van der Waals surface area contributed by atoms with Gasteiger partial charge in [0.15, 0.2) is 0 Å². The maximum atomic E-state index is 9.73. The smallest absolute Gasteiger partial charge is 0.119 e. The zero-order valence-corrected chi connectivity index (χ0v) is 10.3. The van der Waals surface area contributed by atoms with Crippen LogP contribution in [0.2, 0.25) is 0 Å². The molecule has 2 nitrogen and oxygen atoms in total. The van der Waals surface area contributed by atoms with E-state index in [9.17, 15) is 10.2 Å². The SMILES string of the molecule is Cc1ccc(-c2cc(O)cc(C)c2C)cc1O. The zero-order chi connectivity index (χ0) is 12.6. The molecule has 0 saturated carbocycles. The van der Waals surface area contributed by atoms with Crippen molar-refractivity contribution >= 4 is 0 Å². The van der Waals surface area contributed by atoms with Gasteiger partial charge in [0, 0.05) is 0 Å². The van der Waals surface area contributed by atoms with Gasteiger partial charge in [0.25, 0.3) is 0 Å². The van der Waals surface area contributed by atoms with Crippen LogP contribution >= 0.6 is 0 Å². The molecule has 2 N–H and O–H groups in total. The van der Waals surface area contributed by atoms with Crippen molar-refractivity contribution in [2.75, 3.05) is 0 Å². The van der Waals surface area contributed by atoms with Crippen molar-refractivity contribution < 1.29 is 10.2 Å². The third-order valence-electron chi connectivity index (χ3n) is 3.17. The Morgan fingerprint density at radius 2 is 1.53 bits per heavy atom. The number of hydrogen-bond acceptors (Lipinski definition) is 2. The number of rotatable bonds is 1. The van der Waals surface area contributed by atoms with Crippen molar-refractivity contribution in [1.82, 2.24) is 0 Å². The van der Waals surface area contributed by atoms with Gasteiger partial charge < -0.3 is 10.2 Å². The summed E-state index contributed by atoms with van der Waals surface area (Å²) in [5.41, 5.74) is 4.89. The number of phenols is 2. The van der Waals surface area contributed by atoms with Crippen molar-refractivity contribution in [1.29, 1.82) is 0 Å². The summed E-state index contributed by atoms with van der Waals surface area (Å²) in [4.78, 5) is 0. The molecule has 0 amide bonds. The standard InChI is InChI=1S/C15H16O2/c1-9-4-5-12(7-15(9)17)14-8-13(16)6-10(2)11(14)3/h4-8,16-17H,1-3H3. The van der Waals surface area contributed by atoms with E-state index in [1.165, 1.54) is 0 Å². The topological polar surface area (TPSA) is 40.5 Å². The maximum absolute atomic E-state index is 9.73. The molecule has 17 heavy (non-hydrogen) atoms. The monoisotopic (exact) mass is 228 g/mol. The van der Waals surface area contributed by atoms with Crippen molar-refractivity contribution in [3.05, 3.63) is 47.0 Å². The van der Waals surface area contributed by atoms with Gasteiger partial charge in [0.05, 0.1) is 0 Å². The molecule has 2 aromatic carbocycles. The first-order chi connectivity index (χ1) is 7.99. The average Bonchev–Trinajstić information content (AvgIpc) is 2.27. The number of benzene rings is 2. The minimum Gasteiger partial charge on any atom is -0.508 e. The lowest BCUT2D eigenvalue weighted by molar-refractivity contribution is 0.471. The van der Waals surface area contributed by atoms with Crippen LogP contribution in [0.25, 0.3) is 11.1 Å². The molecule has 0 aromatic heterocycles. The highest BCUT2D eigenvalue weighted by Gasteiger charge is 2.08. The molecule has 0 heterocycles. The largest absolute Gasteiger partial charge is 0.508 e. The minimum absolute atomic E-state index is 0.253. The molecular formula is C15H16O2. The van der Waals surface area contributed by atoms with E-state index in [1.54, 1.807) is 18.2 Å². The molecule has 2 heteroatoms. The van der Waals surface area contributed by atoms with E-state index in [4.69, 9.17) is 0 Å². The van der Waals surface area contributed by atoms with E-state index < -0.39 is 0 Å². The summed E-state index contributed by atoms with van der Waals surface area (Å²) in [6.45, 7) is 5.84. The van der Waals surface area contributed by atoms with E-state index in [0.717, 1.165) is 27.8 Å². The number of phenolic OH excluding ortho intramolecular Hbond substituents is 2. The molecule has 0 aliphatic rings. The molecule has 0 bridgehead atoms. The third kappa shape index (κ3) is 2.11. The summed E-state index contributed by atoms with van der Waals surface area (Å²) in [5.74, 6) is 0.533. The summed E-state index contributed by atoms with van der Waals surface area (Å²) in [5, 5.41) is 19.4. The Hall–Kier alpha value is -1.96. The van der Waals surface area contributed by atoms with Crippen LogP contribution in [-0.2, 0) is 0 Å². The van der Waals surface area contributed by atoms with Gasteiger partial charge in [-0.3, -0.25) is 0 Å². The van der Waals surface area contributed by atoms with Crippen LogP contribution in [0.3, 0.4) is 0 Å². The van der Waals surface area contributed by atoms with Gasteiger partial charge in [-0.2, -0.15) is 0 Å².